The number of hydrogen-bond acceptors (Lipinski definition) is 4. The molecule has 2 aromatic heterocycles. The van der Waals surface area contributed by atoms with Gasteiger partial charge in [0.2, 0.25) is 5.88 Å². The molecule has 0 atom stereocenters. The van der Waals surface area contributed by atoms with Crippen LogP contribution in [0.5, 0.6) is 11.6 Å². The van der Waals surface area contributed by atoms with E-state index >= 15 is 0 Å². The summed E-state index contributed by atoms with van der Waals surface area (Å²) in [6.07, 6.45) is 0.840. The highest BCUT2D eigenvalue weighted by atomic mass is 16.5. The minimum atomic E-state index is 0.605. The maximum Gasteiger partial charge on any atom is 0.219 e. The lowest BCUT2D eigenvalue weighted by Gasteiger charge is -2.10. The molecule has 4 nitrogen and oxygen atoms in total. The fraction of sp³-hybridized carbons (Fsp3) is 0.333. The third-order valence-corrected chi connectivity index (χ3v) is 2.76. The second kappa shape index (κ2) is 6.29. The fourth-order valence-electron chi connectivity index (χ4n) is 1.85. The summed E-state index contributed by atoms with van der Waals surface area (Å²) >= 11 is 0. The van der Waals surface area contributed by atoms with E-state index in [0.717, 1.165) is 35.8 Å². The first-order chi connectivity index (χ1) is 9.22. The van der Waals surface area contributed by atoms with E-state index in [1.165, 1.54) is 0 Å². The first kappa shape index (κ1) is 13.5. The van der Waals surface area contributed by atoms with E-state index in [9.17, 15) is 0 Å². The predicted molar refractivity (Wildman–Crippen MR) is 75.4 cm³/mol. The summed E-state index contributed by atoms with van der Waals surface area (Å²) in [5.74, 6) is 1.38. The average molecular weight is 257 g/mol. The molecule has 0 aromatic carbocycles. The Labute approximate surface area is 113 Å². The van der Waals surface area contributed by atoms with Crippen LogP contribution in [0.2, 0.25) is 0 Å². The van der Waals surface area contributed by atoms with Crippen molar-refractivity contribution in [3.05, 3.63) is 47.4 Å². The van der Waals surface area contributed by atoms with Crippen molar-refractivity contribution < 1.29 is 4.74 Å². The molecular formula is C15H19N3O. The number of ether oxygens (including phenoxy) is 1. The molecule has 19 heavy (non-hydrogen) atoms. The summed E-state index contributed by atoms with van der Waals surface area (Å²) in [4.78, 5) is 8.92. The van der Waals surface area contributed by atoms with Crippen LogP contribution in [0.1, 0.15) is 24.0 Å². The Morgan fingerprint density at radius 2 is 2.00 bits per heavy atom. The van der Waals surface area contributed by atoms with Crippen molar-refractivity contribution in [2.75, 3.05) is 7.05 Å². The molecule has 4 heteroatoms. The van der Waals surface area contributed by atoms with Crippen LogP contribution in [-0.4, -0.2) is 17.0 Å². The molecule has 0 aliphatic rings. The summed E-state index contributed by atoms with van der Waals surface area (Å²) in [7, 11) is 1.90. The Bertz CT molecular complexity index is 555. The Kier molecular flexibility index (Phi) is 4.47. The molecule has 100 valence electrons. The highest BCUT2D eigenvalue weighted by Crippen LogP contribution is 2.23. The van der Waals surface area contributed by atoms with Crippen molar-refractivity contribution >= 4 is 0 Å². The van der Waals surface area contributed by atoms with Crippen LogP contribution >= 0.6 is 0 Å². The summed E-state index contributed by atoms with van der Waals surface area (Å²) in [6, 6.07) is 9.68. The first-order valence-electron chi connectivity index (χ1n) is 6.48. The standard InChI is InChI=1S/C15H19N3O/c1-4-13-14(9-8-11(2)17-13)19-15-7-5-6-12(18-15)10-16-3/h5-9,16H,4,10H2,1-3H3. The van der Waals surface area contributed by atoms with Gasteiger partial charge in [0, 0.05) is 18.3 Å². The van der Waals surface area contributed by atoms with Gasteiger partial charge >= 0.3 is 0 Å². The van der Waals surface area contributed by atoms with Gasteiger partial charge in [-0.2, -0.15) is 0 Å². The highest BCUT2D eigenvalue weighted by molar-refractivity contribution is 5.33. The monoisotopic (exact) mass is 257 g/mol. The van der Waals surface area contributed by atoms with Crippen LogP contribution in [0.3, 0.4) is 0 Å². The van der Waals surface area contributed by atoms with Crippen molar-refractivity contribution in [1.29, 1.82) is 0 Å². The van der Waals surface area contributed by atoms with Crippen molar-refractivity contribution in [3.8, 4) is 11.6 Å². The zero-order valence-electron chi connectivity index (χ0n) is 11.6. The van der Waals surface area contributed by atoms with Crippen LogP contribution in [0.15, 0.2) is 30.3 Å². The largest absolute Gasteiger partial charge is 0.437 e. The first-order valence-corrected chi connectivity index (χ1v) is 6.48. The van der Waals surface area contributed by atoms with E-state index in [2.05, 4.69) is 22.2 Å². The molecular weight excluding hydrogens is 238 g/mol. The van der Waals surface area contributed by atoms with Gasteiger partial charge < -0.3 is 10.1 Å². The minimum Gasteiger partial charge on any atom is -0.437 e. The van der Waals surface area contributed by atoms with Gasteiger partial charge in [0.1, 0.15) is 0 Å². The van der Waals surface area contributed by atoms with Crippen molar-refractivity contribution in [2.45, 2.75) is 26.8 Å². The SMILES string of the molecule is CCc1nc(C)ccc1Oc1cccc(CNC)n1. The number of nitrogens with one attached hydrogen (secondary N) is 1. The Balaban J connectivity index is 2.23. The zero-order chi connectivity index (χ0) is 13.7. The molecule has 0 fully saturated rings. The molecule has 0 bridgehead atoms. The maximum absolute atomic E-state index is 5.84. The van der Waals surface area contributed by atoms with E-state index in [1.807, 2.05) is 44.3 Å². The quantitative estimate of drug-likeness (QED) is 0.894. The maximum atomic E-state index is 5.84. The second-order valence-electron chi connectivity index (χ2n) is 4.35. The molecule has 0 aliphatic heterocycles. The van der Waals surface area contributed by atoms with Gasteiger partial charge in [-0.25, -0.2) is 4.98 Å². The van der Waals surface area contributed by atoms with E-state index in [1.54, 1.807) is 0 Å². The van der Waals surface area contributed by atoms with E-state index < -0.39 is 0 Å². The molecule has 0 spiro atoms. The summed E-state index contributed by atoms with van der Waals surface area (Å²) in [5.41, 5.74) is 2.92. The third kappa shape index (κ3) is 3.51. The number of nitrogens with zero attached hydrogens (tertiary/aromatic N) is 2. The van der Waals surface area contributed by atoms with Crippen molar-refractivity contribution in [3.63, 3.8) is 0 Å². The number of pyridine rings is 2. The third-order valence-electron chi connectivity index (χ3n) is 2.76. The summed E-state index contributed by atoms with van der Waals surface area (Å²) in [5, 5.41) is 3.07. The normalized spacial score (nSPS) is 10.5. The fourth-order valence-corrected chi connectivity index (χ4v) is 1.85. The van der Waals surface area contributed by atoms with Gasteiger partial charge in [-0.1, -0.05) is 13.0 Å². The lowest BCUT2D eigenvalue weighted by Crippen LogP contribution is -2.07. The van der Waals surface area contributed by atoms with Gasteiger partial charge in [0.05, 0.1) is 11.4 Å². The van der Waals surface area contributed by atoms with Crippen molar-refractivity contribution in [1.82, 2.24) is 15.3 Å². The molecule has 0 saturated carbocycles. The number of rotatable bonds is 5. The van der Waals surface area contributed by atoms with Crippen molar-refractivity contribution in [2.24, 2.45) is 0 Å². The average Bonchev–Trinajstić information content (AvgIpc) is 2.41. The second-order valence-corrected chi connectivity index (χ2v) is 4.35. The Morgan fingerprint density at radius 3 is 2.74 bits per heavy atom. The molecule has 0 aliphatic carbocycles. The topological polar surface area (TPSA) is 47.0 Å². The lowest BCUT2D eigenvalue weighted by atomic mass is 10.2. The van der Waals surface area contributed by atoms with Crippen LogP contribution in [0.25, 0.3) is 0 Å². The molecule has 0 saturated heterocycles. The smallest absolute Gasteiger partial charge is 0.219 e. The minimum absolute atomic E-state index is 0.605. The Hall–Kier alpha value is -1.94. The summed E-state index contributed by atoms with van der Waals surface area (Å²) < 4.78 is 5.84. The van der Waals surface area contributed by atoms with Crippen LogP contribution in [0.4, 0.5) is 0 Å². The van der Waals surface area contributed by atoms with E-state index in [0.29, 0.717) is 5.88 Å². The highest BCUT2D eigenvalue weighted by Gasteiger charge is 2.06. The number of hydrogen-bond donors (Lipinski definition) is 1. The lowest BCUT2D eigenvalue weighted by molar-refractivity contribution is 0.451. The van der Waals surface area contributed by atoms with Crippen LogP contribution in [-0.2, 0) is 13.0 Å². The summed E-state index contributed by atoms with van der Waals surface area (Å²) in [6.45, 7) is 4.78. The van der Waals surface area contributed by atoms with Crippen LogP contribution < -0.4 is 10.1 Å². The van der Waals surface area contributed by atoms with Gasteiger partial charge in [-0.3, -0.25) is 4.98 Å². The van der Waals surface area contributed by atoms with Gasteiger partial charge in [-0.15, -0.1) is 0 Å². The number of aromatic nitrogens is 2. The molecule has 2 rings (SSSR count). The van der Waals surface area contributed by atoms with Gasteiger partial charge in [0.15, 0.2) is 5.75 Å². The molecule has 0 amide bonds. The molecule has 1 N–H and O–H groups in total. The van der Waals surface area contributed by atoms with Gasteiger partial charge in [0.25, 0.3) is 0 Å². The zero-order valence-corrected chi connectivity index (χ0v) is 11.6. The van der Waals surface area contributed by atoms with Crippen LogP contribution in [0, 0.1) is 6.92 Å². The van der Waals surface area contributed by atoms with E-state index in [-0.39, 0.29) is 0 Å². The molecule has 2 heterocycles. The van der Waals surface area contributed by atoms with E-state index in [4.69, 9.17) is 4.74 Å². The van der Waals surface area contributed by atoms with Gasteiger partial charge in [-0.05, 0) is 38.6 Å². The number of aryl methyl sites for hydroxylation is 2. The predicted octanol–water partition coefficient (Wildman–Crippen LogP) is 2.86. The Morgan fingerprint density at radius 1 is 1.16 bits per heavy atom. The molecule has 2 aromatic rings. The molecule has 0 unspecified atom stereocenters. The molecule has 0 radical (unpaired) electrons.